The third kappa shape index (κ3) is 7.44. The molecule has 2 N–H and O–H groups in total. The summed E-state index contributed by atoms with van der Waals surface area (Å²) in [5.74, 6) is 3.91. The highest BCUT2D eigenvalue weighted by molar-refractivity contribution is 5.43. The molecule has 5 heteroatoms. The Morgan fingerprint density at radius 2 is 1.87 bits per heavy atom. The first-order valence-electron chi connectivity index (χ1n) is 11.5. The molecule has 1 aromatic rings. The smallest absolute Gasteiger partial charge is 0.161 e. The van der Waals surface area contributed by atoms with Crippen molar-refractivity contribution in [2.24, 2.45) is 29.4 Å². The Kier molecular flexibility index (Phi) is 10.4. The van der Waals surface area contributed by atoms with E-state index in [1.165, 1.54) is 5.56 Å². The Morgan fingerprint density at radius 3 is 2.47 bits per heavy atom. The van der Waals surface area contributed by atoms with Gasteiger partial charge in [-0.1, -0.05) is 33.8 Å². The Hall–Kier alpha value is -1.30. The lowest BCUT2D eigenvalue weighted by Crippen LogP contribution is -2.37. The van der Waals surface area contributed by atoms with E-state index in [9.17, 15) is 0 Å². The van der Waals surface area contributed by atoms with Crippen LogP contribution in [0.3, 0.4) is 0 Å². The molecule has 0 unspecified atom stereocenters. The van der Waals surface area contributed by atoms with Gasteiger partial charge in [-0.15, -0.1) is 0 Å². The molecule has 0 radical (unpaired) electrons. The topological polar surface area (TPSA) is 62.9 Å². The SMILES string of the molecule is COCCCOc1cc(C[C@@H](C[C@H](N)[C@@H]2C[C@@H](C(C)C)CO2)C(C)C)ccc1OC. The molecule has 1 aliphatic rings. The van der Waals surface area contributed by atoms with Gasteiger partial charge in [0, 0.05) is 26.2 Å². The predicted octanol–water partition coefficient (Wildman–Crippen LogP) is 4.70. The van der Waals surface area contributed by atoms with Crippen LogP contribution >= 0.6 is 0 Å². The number of methoxy groups -OCH3 is 2. The van der Waals surface area contributed by atoms with Crippen LogP contribution < -0.4 is 15.2 Å². The van der Waals surface area contributed by atoms with Crippen molar-refractivity contribution in [3.8, 4) is 11.5 Å². The molecule has 0 saturated carbocycles. The molecule has 1 heterocycles. The average Bonchev–Trinajstić information content (AvgIpc) is 3.21. The summed E-state index contributed by atoms with van der Waals surface area (Å²) >= 11 is 0. The number of rotatable bonds is 13. The monoisotopic (exact) mass is 421 g/mol. The van der Waals surface area contributed by atoms with Crippen LogP contribution in [0.1, 0.15) is 52.5 Å². The van der Waals surface area contributed by atoms with Crippen molar-refractivity contribution in [2.75, 3.05) is 34.0 Å². The van der Waals surface area contributed by atoms with Gasteiger partial charge in [0.1, 0.15) is 0 Å². The average molecular weight is 422 g/mol. The first-order valence-corrected chi connectivity index (χ1v) is 11.5. The predicted molar refractivity (Wildman–Crippen MR) is 122 cm³/mol. The molecule has 1 aliphatic heterocycles. The van der Waals surface area contributed by atoms with Gasteiger partial charge in [0.25, 0.3) is 0 Å². The zero-order valence-corrected chi connectivity index (χ0v) is 19.9. The number of ether oxygens (including phenoxy) is 4. The van der Waals surface area contributed by atoms with E-state index in [1.807, 2.05) is 6.07 Å². The maximum atomic E-state index is 6.62. The second-order valence-electron chi connectivity index (χ2n) is 9.40. The van der Waals surface area contributed by atoms with Gasteiger partial charge < -0.3 is 24.7 Å². The summed E-state index contributed by atoms with van der Waals surface area (Å²) in [5, 5.41) is 0. The minimum absolute atomic E-state index is 0.0872. The van der Waals surface area contributed by atoms with Crippen LogP contribution in [0.15, 0.2) is 18.2 Å². The first kappa shape index (κ1) is 25.0. The van der Waals surface area contributed by atoms with Crippen molar-refractivity contribution in [3.05, 3.63) is 23.8 Å². The van der Waals surface area contributed by atoms with Crippen molar-refractivity contribution in [1.82, 2.24) is 0 Å². The van der Waals surface area contributed by atoms with Crippen molar-refractivity contribution in [2.45, 2.75) is 65.5 Å². The second-order valence-corrected chi connectivity index (χ2v) is 9.40. The van der Waals surface area contributed by atoms with Gasteiger partial charge in [0.05, 0.1) is 26.4 Å². The standard InChI is InChI=1S/C25H43NO4/c1-17(2)20(14-22(26)24-15-21(16-30-24)18(3)4)12-19-8-9-23(28-6)25(13-19)29-11-7-10-27-5/h8-9,13,17-18,20-22,24H,7,10-12,14-16,26H2,1-6H3/t20-,21+,22-,24-/m0/s1. The van der Waals surface area contributed by atoms with Crippen molar-refractivity contribution in [1.29, 1.82) is 0 Å². The fraction of sp³-hybridized carbons (Fsp3) is 0.760. The number of hydrogen-bond acceptors (Lipinski definition) is 5. The van der Waals surface area contributed by atoms with Crippen LogP contribution in [0, 0.1) is 23.7 Å². The van der Waals surface area contributed by atoms with Gasteiger partial charge >= 0.3 is 0 Å². The van der Waals surface area contributed by atoms with Gasteiger partial charge in [-0.2, -0.15) is 0 Å². The molecular weight excluding hydrogens is 378 g/mol. The lowest BCUT2D eigenvalue weighted by Gasteiger charge is -2.27. The summed E-state index contributed by atoms with van der Waals surface area (Å²) in [7, 11) is 3.39. The summed E-state index contributed by atoms with van der Waals surface area (Å²) in [5.41, 5.74) is 7.88. The molecule has 5 nitrogen and oxygen atoms in total. The highest BCUT2D eigenvalue weighted by Crippen LogP contribution is 2.33. The molecule has 0 aromatic heterocycles. The maximum Gasteiger partial charge on any atom is 0.161 e. The zero-order valence-electron chi connectivity index (χ0n) is 19.9. The highest BCUT2D eigenvalue weighted by Gasteiger charge is 2.33. The van der Waals surface area contributed by atoms with Crippen LogP contribution in [-0.4, -0.2) is 46.2 Å². The summed E-state index contributed by atoms with van der Waals surface area (Å²) in [6, 6.07) is 6.35. The lowest BCUT2D eigenvalue weighted by atomic mass is 9.82. The maximum absolute atomic E-state index is 6.62. The zero-order chi connectivity index (χ0) is 22.1. The quantitative estimate of drug-likeness (QED) is 0.468. The molecule has 0 spiro atoms. The van der Waals surface area contributed by atoms with Gasteiger partial charge in [-0.05, 0) is 60.6 Å². The van der Waals surface area contributed by atoms with E-state index in [2.05, 4.69) is 39.8 Å². The molecule has 30 heavy (non-hydrogen) atoms. The molecule has 0 bridgehead atoms. The minimum atomic E-state index is 0.0872. The van der Waals surface area contributed by atoms with E-state index in [1.54, 1.807) is 14.2 Å². The summed E-state index contributed by atoms with van der Waals surface area (Å²) in [4.78, 5) is 0. The van der Waals surface area contributed by atoms with E-state index in [-0.39, 0.29) is 12.1 Å². The Labute approximate surface area is 183 Å². The van der Waals surface area contributed by atoms with E-state index in [0.717, 1.165) is 43.8 Å². The third-order valence-corrected chi connectivity index (χ3v) is 6.47. The van der Waals surface area contributed by atoms with Crippen molar-refractivity contribution >= 4 is 0 Å². The van der Waals surface area contributed by atoms with Crippen LogP contribution in [-0.2, 0) is 15.9 Å². The summed E-state index contributed by atoms with van der Waals surface area (Å²) in [6.07, 6.45) is 4.08. The molecule has 0 amide bonds. The van der Waals surface area contributed by atoms with E-state index in [4.69, 9.17) is 24.7 Å². The lowest BCUT2D eigenvalue weighted by molar-refractivity contribution is 0.0751. The van der Waals surface area contributed by atoms with Crippen molar-refractivity contribution in [3.63, 3.8) is 0 Å². The van der Waals surface area contributed by atoms with Crippen LogP contribution in [0.5, 0.6) is 11.5 Å². The third-order valence-electron chi connectivity index (χ3n) is 6.47. The first-order chi connectivity index (χ1) is 14.3. The Morgan fingerprint density at radius 1 is 1.10 bits per heavy atom. The Bertz CT molecular complexity index is 619. The van der Waals surface area contributed by atoms with Gasteiger partial charge in [0.15, 0.2) is 11.5 Å². The van der Waals surface area contributed by atoms with Gasteiger partial charge in [-0.25, -0.2) is 0 Å². The summed E-state index contributed by atoms with van der Waals surface area (Å²) in [6.45, 7) is 11.3. The molecule has 1 fully saturated rings. The highest BCUT2D eigenvalue weighted by atomic mass is 16.5. The van der Waals surface area contributed by atoms with E-state index < -0.39 is 0 Å². The number of nitrogens with two attached hydrogens (primary N) is 1. The van der Waals surface area contributed by atoms with E-state index >= 15 is 0 Å². The number of benzene rings is 1. The largest absolute Gasteiger partial charge is 0.493 e. The molecule has 172 valence electrons. The van der Waals surface area contributed by atoms with Crippen molar-refractivity contribution < 1.29 is 18.9 Å². The number of hydrogen-bond donors (Lipinski definition) is 1. The molecule has 4 atom stereocenters. The fourth-order valence-electron chi connectivity index (χ4n) is 4.19. The normalized spacial score (nSPS) is 21.2. The minimum Gasteiger partial charge on any atom is -0.493 e. The molecule has 1 aromatic carbocycles. The molecular formula is C25H43NO4. The molecule has 1 saturated heterocycles. The van der Waals surface area contributed by atoms with Crippen LogP contribution in [0.2, 0.25) is 0 Å². The molecule has 2 rings (SSSR count). The van der Waals surface area contributed by atoms with Crippen LogP contribution in [0.4, 0.5) is 0 Å². The fourth-order valence-corrected chi connectivity index (χ4v) is 4.19. The molecule has 0 aliphatic carbocycles. The van der Waals surface area contributed by atoms with Gasteiger partial charge in [0.2, 0.25) is 0 Å². The van der Waals surface area contributed by atoms with Gasteiger partial charge in [-0.3, -0.25) is 0 Å². The Balaban J connectivity index is 2.00. The van der Waals surface area contributed by atoms with E-state index in [0.29, 0.717) is 36.9 Å². The van der Waals surface area contributed by atoms with Crippen LogP contribution in [0.25, 0.3) is 0 Å². The second kappa shape index (κ2) is 12.5. The summed E-state index contributed by atoms with van der Waals surface area (Å²) < 4.78 is 22.6.